The summed E-state index contributed by atoms with van der Waals surface area (Å²) in [5, 5.41) is 21.1. The Balaban J connectivity index is 3.28. The molecule has 0 radical (unpaired) electrons. The highest BCUT2D eigenvalue weighted by atomic mass is 16.6. The summed E-state index contributed by atoms with van der Waals surface area (Å²) in [6.07, 6.45) is 0.697. The predicted molar refractivity (Wildman–Crippen MR) is 75.2 cm³/mol. The van der Waals surface area contributed by atoms with E-state index in [1.165, 1.54) is 4.90 Å². The molecule has 0 aromatic carbocycles. The maximum Gasteiger partial charge on any atom is 0.407 e. The molecule has 2 atom stereocenters. The third-order valence-corrected chi connectivity index (χ3v) is 4.07. The molecular weight excluding hydrogens is 262 g/mol. The van der Waals surface area contributed by atoms with Crippen LogP contribution in [0.25, 0.3) is 0 Å². The van der Waals surface area contributed by atoms with Crippen molar-refractivity contribution in [1.29, 1.82) is 0 Å². The molecule has 0 aliphatic carbocycles. The molecule has 1 fully saturated rings. The van der Waals surface area contributed by atoms with E-state index in [-0.39, 0.29) is 4.92 Å². The van der Waals surface area contributed by atoms with Crippen molar-refractivity contribution < 1.29 is 14.8 Å². The molecule has 20 heavy (non-hydrogen) atoms. The minimum Gasteiger partial charge on any atom is -0.465 e. The highest BCUT2D eigenvalue weighted by molar-refractivity contribution is 5.66. The second kappa shape index (κ2) is 5.95. The van der Waals surface area contributed by atoms with Gasteiger partial charge >= 0.3 is 6.09 Å². The smallest absolute Gasteiger partial charge is 0.407 e. The lowest BCUT2D eigenvalue weighted by molar-refractivity contribution is -0.587. The molecule has 7 nitrogen and oxygen atoms in total. The highest BCUT2D eigenvalue weighted by Crippen LogP contribution is 2.43. The molecule has 3 N–H and O–H groups in total. The minimum atomic E-state index is -1.23. The number of hydrogen-bond acceptors (Lipinski definition) is 4. The number of nitrogens with two attached hydrogens (primary N) is 1. The van der Waals surface area contributed by atoms with Gasteiger partial charge in [0, 0.05) is 24.3 Å². The van der Waals surface area contributed by atoms with Gasteiger partial charge in [0.25, 0.3) is 0 Å². The van der Waals surface area contributed by atoms with E-state index in [0.29, 0.717) is 38.8 Å². The topological polar surface area (TPSA) is 110 Å². The van der Waals surface area contributed by atoms with Crippen molar-refractivity contribution in [3.8, 4) is 0 Å². The molecule has 1 saturated heterocycles. The van der Waals surface area contributed by atoms with E-state index < -0.39 is 23.1 Å². The second-order valence-corrected chi connectivity index (χ2v) is 6.60. The third kappa shape index (κ3) is 3.03. The van der Waals surface area contributed by atoms with E-state index in [9.17, 15) is 20.0 Å². The first-order valence-electron chi connectivity index (χ1n) is 7.01. The quantitative estimate of drug-likeness (QED) is 0.606. The fourth-order valence-corrected chi connectivity index (χ4v) is 3.54. The van der Waals surface area contributed by atoms with E-state index in [2.05, 4.69) is 0 Å². The lowest BCUT2D eigenvalue weighted by Gasteiger charge is -2.48. The maximum absolute atomic E-state index is 11.8. The summed E-state index contributed by atoms with van der Waals surface area (Å²) in [5.74, 6) is 0. The minimum absolute atomic E-state index is 0.270. The summed E-state index contributed by atoms with van der Waals surface area (Å²) in [6, 6.07) is -0.636. The zero-order valence-corrected chi connectivity index (χ0v) is 12.5. The van der Waals surface area contributed by atoms with Gasteiger partial charge in [-0.15, -0.1) is 0 Å². The largest absolute Gasteiger partial charge is 0.465 e. The highest BCUT2D eigenvalue weighted by Gasteiger charge is 2.59. The molecule has 7 heteroatoms. The first-order valence-corrected chi connectivity index (χ1v) is 7.01. The third-order valence-electron chi connectivity index (χ3n) is 4.07. The summed E-state index contributed by atoms with van der Waals surface area (Å²) < 4.78 is 0. The van der Waals surface area contributed by atoms with Gasteiger partial charge in [-0.1, -0.05) is 20.8 Å². The van der Waals surface area contributed by atoms with Gasteiger partial charge < -0.3 is 10.8 Å². The van der Waals surface area contributed by atoms with Crippen molar-refractivity contribution in [2.45, 2.75) is 58.0 Å². The Hall–Kier alpha value is -1.37. The van der Waals surface area contributed by atoms with Gasteiger partial charge in [-0.25, -0.2) is 4.79 Å². The second-order valence-electron chi connectivity index (χ2n) is 6.60. The average molecular weight is 287 g/mol. The van der Waals surface area contributed by atoms with Crippen LogP contribution in [0.3, 0.4) is 0 Å². The van der Waals surface area contributed by atoms with Crippen molar-refractivity contribution in [2.75, 3.05) is 13.1 Å². The number of carboxylic acid groups (broad SMARTS) is 1. The lowest BCUT2D eigenvalue weighted by Crippen LogP contribution is -2.66. The van der Waals surface area contributed by atoms with Gasteiger partial charge in [0.1, 0.15) is 6.04 Å². The van der Waals surface area contributed by atoms with Gasteiger partial charge in [-0.2, -0.15) is 0 Å². The summed E-state index contributed by atoms with van der Waals surface area (Å²) in [4.78, 5) is 24.2. The van der Waals surface area contributed by atoms with Crippen molar-refractivity contribution in [3.63, 3.8) is 0 Å². The Morgan fingerprint density at radius 2 is 2.15 bits per heavy atom. The molecule has 2 unspecified atom stereocenters. The summed E-state index contributed by atoms with van der Waals surface area (Å²) >= 11 is 0. The van der Waals surface area contributed by atoms with E-state index in [1.54, 1.807) is 0 Å². The Labute approximate surface area is 119 Å². The van der Waals surface area contributed by atoms with Crippen LogP contribution in [0.5, 0.6) is 0 Å². The SMILES string of the molecule is CC(C)(C)C1N(C(=O)O)CCCC1(CCCN)[N+](=O)[O-]. The van der Waals surface area contributed by atoms with Crippen LogP contribution in [0.2, 0.25) is 0 Å². The number of rotatable bonds is 4. The fraction of sp³-hybridized carbons (Fsp3) is 0.923. The molecule has 1 amide bonds. The zero-order chi connectivity index (χ0) is 15.6. The average Bonchev–Trinajstić information content (AvgIpc) is 2.34. The Morgan fingerprint density at radius 3 is 2.55 bits per heavy atom. The van der Waals surface area contributed by atoms with Crippen molar-refractivity contribution >= 4 is 6.09 Å². The first kappa shape index (κ1) is 16.7. The normalized spacial score (nSPS) is 27.4. The molecule has 0 aromatic heterocycles. The summed E-state index contributed by atoms with van der Waals surface area (Å²) in [6.45, 7) is 6.31. The van der Waals surface area contributed by atoms with Crippen LogP contribution in [0, 0.1) is 15.5 Å². The number of piperidine rings is 1. The molecule has 116 valence electrons. The van der Waals surface area contributed by atoms with Gasteiger partial charge in [0.05, 0.1) is 0 Å². The Morgan fingerprint density at radius 1 is 1.55 bits per heavy atom. The van der Waals surface area contributed by atoms with E-state index in [1.807, 2.05) is 20.8 Å². The molecule has 0 spiro atoms. The van der Waals surface area contributed by atoms with Crippen LogP contribution in [-0.2, 0) is 0 Å². The van der Waals surface area contributed by atoms with Crippen molar-refractivity contribution in [2.24, 2.45) is 11.1 Å². The molecule has 0 saturated carbocycles. The summed E-state index contributed by atoms with van der Waals surface area (Å²) in [5.41, 5.74) is 3.77. The molecule has 1 aliphatic rings. The van der Waals surface area contributed by atoms with Crippen LogP contribution in [0.1, 0.15) is 46.5 Å². The number of likely N-dealkylation sites (tertiary alicyclic amines) is 1. The number of carbonyl (C=O) groups is 1. The van der Waals surface area contributed by atoms with Crippen LogP contribution in [0.4, 0.5) is 4.79 Å². The van der Waals surface area contributed by atoms with Crippen molar-refractivity contribution in [1.82, 2.24) is 4.90 Å². The van der Waals surface area contributed by atoms with Gasteiger partial charge in [0.15, 0.2) is 0 Å². The van der Waals surface area contributed by atoms with Crippen molar-refractivity contribution in [3.05, 3.63) is 10.1 Å². The maximum atomic E-state index is 11.8. The molecule has 1 aliphatic heterocycles. The Kier molecular flexibility index (Phi) is 4.96. The molecular formula is C13H25N3O4. The lowest BCUT2D eigenvalue weighted by atomic mass is 9.67. The van der Waals surface area contributed by atoms with Gasteiger partial charge in [0.2, 0.25) is 5.54 Å². The van der Waals surface area contributed by atoms with E-state index >= 15 is 0 Å². The van der Waals surface area contributed by atoms with Crippen LogP contribution in [0.15, 0.2) is 0 Å². The molecule has 1 heterocycles. The van der Waals surface area contributed by atoms with Crippen LogP contribution < -0.4 is 5.73 Å². The number of nitrogens with zero attached hydrogens (tertiary/aromatic N) is 2. The molecule has 1 rings (SSSR count). The van der Waals surface area contributed by atoms with E-state index in [0.717, 1.165) is 0 Å². The fourth-order valence-electron chi connectivity index (χ4n) is 3.54. The van der Waals surface area contributed by atoms with Gasteiger partial charge in [-0.05, 0) is 24.8 Å². The number of nitro groups is 1. The number of amides is 1. The monoisotopic (exact) mass is 287 g/mol. The zero-order valence-electron chi connectivity index (χ0n) is 12.5. The first-order chi connectivity index (χ1) is 9.16. The Bertz CT molecular complexity index is 380. The number of hydrogen-bond donors (Lipinski definition) is 2. The van der Waals surface area contributed by atoms with Gasteiger partial charge in [-0.3, -0.25) is 15.0 Å². The standard InChI is InChI=1S/C13H25N3O4/c1-12(2,3)10-13(16(19)20,6-4-8-14)7-5-9-15(10)11(17)18/h10H,4-9,14H2,1-3H3,(H,17,18). The van der Waals surface area contributed by atoms with Crippen LogP contribution in [-0.4, -0.2) is 45.7 Å². The molecule has 0 aromatic rings. The summed E-state index contributed by atoms with van der Waals surface area (Å²) in [7, 11) is 0. The van der Waals surface area contributed by atoms with E-state index in [4.69, 9.17) is 5.73 Å². The predicted octanol–water partition coefficient (Wildman–Crippen LogP) is 1.93. The van der Waals surface area contributed by atoms with Crippen LogP contribution >= 0.6 is 0 Å². The molecule has 0 bridgehead atoms.